The van der Waals surface area contributed by atoms with Crippen molar-refractivity contribution >= 4 is 34.0 Å². The highest BCUT2D eigenvalue weighted by Gasteiger charge is 2.20. The maximum Gasteiger partial charge on any atom is 0.259 e. The molecule has 134 valence electrons. The predicted octanol–water partition coefficient (Wildman–Crippen LogP) is 4.51. The highest BCUT2D eigenvalue weighted by atomic mass is 35.5. The summed E-state index contributed by atoms with van der Waals surface area (Å²) in [4.78, 5) is 26.4. The van der Waals surface area contributed by atoms with Crippen LogP contribution in [0.15, 0.2) is 61.2 Å². The number of carbonyl (C=O) groups is 1. The molecule has 1 N–H and O–H groups in total. The number of benzene rings is 1. The molecule has 0 unspecified atom stereocenters. The van der Waals surface area contributed by atoms with Crippen LogP contribution in [-0.2, 0) is 7.05 Å². The number of anilines is 1. The fraction of sp³-hybridized carbons (Fsp3) is 0.0526. The molecule has 0 bridgehead atoms. The minimum absolute atomic E-state index is 0.291. The summed E-state index contributed by atoms with van der Waals surface area (Å²) in [6.45, 7) is 0. The summed E-state index contributed by atoms with van der Waals surface area (Å²) >= 11 is 7.44. The third kappa shape index (κ3) is 3.47. The van der Waals surface area contributed by atoms with Gasteiger partial charge in [0, 0.05) is 37.4 Å². The topological polar surface area (TPSA) is 72.7 Å². The standard InChI is InChI=1S/C19H14ClN5OS/c1-25-10-9-22-17(25)16-15(12-5-3-2-4-6-12)23-19(27-16)24-18(26)13-7-8-21-11-14(13)20/h2-11H,1H3,(H,23,24,26). The van der Waals surface area contributed by atoms with E-state index in [-0.39, 0.29) is 5.91 Å². The Morgan fingerprint density at radius 3 is 2.70 bits per heavy atom. The van der Waals surface area contributed by atoms with E-state index in [9.17, 15) is 4.79 Å². The van der Waals surface area contributed by atoms with Gasteiger partial charge < -0.3 is 4.57 Å². The first-order valence-corrected chi connectivity index (χ1v) is 9.27. The summed E-state index contributed by atoms with van der Waals surface area (Å²) in [7, 11) is 1.92. The third-order valence-corrected chi connectivity index (χ3v) is 5.20. The number of rotatable bonds is 4. The molecule has 0 saturated carbocycles. The molecular formula is C19H14ClN5OS. The quantitative estimate of drug-likeness (QED) is 0.551. The number of nitrogens with zero attached hydrogens (tertiary/aromatic N) is 4. The smallest absolute Gasteiger partial charge is 0.259 e. The number of pyridine rings is 1. The van der Waals surface area contributed by atoms with Gasteiger partial charge in [-0.3, -0.25) is 15.1 Å². The number of nitrogens with one attached hydrogen (secondary N) is 1. The second-order valence-corrected chi connectivity index (χ2v) is 7.14. The predicted molar refractivity (Wildman–Crippen MR) is 107 cm³/mol. The molecule has 0 atom stereocenters. The van der Waals surface area contributed by atoms with E-state index in [0.29, 0.717) is 15.7 Å². The Morgan fingerprint density at radius 1 is 1.19 bits per heavy atom. The molecule has 0 saturated heterocycles. The van der Waals surface area contributed by atoms with Crippen LogP contribution in [0, 0.1) is 0 Å². The van der Waals surface area contributed by atoms with Gasteiger partial charge in [0.05, 0.1) is 21.2 Å². The molecule has 1 amide bonds. The lowest BCUT2D eigenvalue weighted by molar-refractivity contribution is 0.102. The van der Waals surface area contributed by atoms with Crippen LogP contribution in [0.25, 0.3) is 22.0 Å². The number of aryl methyl sites for hydroxylation is 1. The fourth-order valence-electron chi connectivity index (χ4n) is 2.63. The zero-order chi connectivity index (χ0) is 18.8. The molecule has 0 aliphatic rings. The van der Waals surface area contributed by atoms with Gasteiger partial charge in [0.1, 0.15) is 0 Å². The van der Waals surface area contributed by atoms with Gasteiger partial charge in [0.15, 0.2) is 11.0 Å². The van der Waals surface area contributed by atoms with Crippen molar-refractivity contribution in [1.29, 1.82) is 0 Å². The number of amides is 1. The number of hydrogen-bond acceptors (Lipinski definition) is 5. The number of hydrogen-bond donors (Lipinski definition) is 1. The van der Waals surface area contributed by atoms with Crippen molar-refractivity contribution in [2.24, 2.45) is 7.05 Å². The Hall–Kier alpha value is -3.03. The summed E-state index contributed by atoms with van der Waals surface area (Å²) in [6.07, 6.45) is 6.57. The first-order valence-electron chi connectivity index (χ1n) is 8.08. The van der Waals surface area contributed by atoms with Gasteiger partial charge in [0.2, 0.25) is 0 Å². The van der Waals surface area contributed by atoms with Crippen LogP contribution >= 0.6 is 22.9 Å². The second kappa shape index (κ2) is 7.30. The number of carbonyl (C=O) groups excluding carboxylic acids is 1. The van der Waals surface area contributed by atoms with E-state index in [1.54, 1.807) is 12.3 Å². The Bertz CT molecular complexity index is 1110. The molecule has 1 aromatic carbocycles. The molecule has 6 nitrogen and oxygen atoms in total. The van der Waals surface area contributed by atoms with E-state index in [0.717, 1.165) is 22.0 Å². The maximum atomic E-state index is 12.6. The zero-order valence-corrected chi connectivity index (χ0v) is 15.8. The van der Waals surface area contributed by atoms with Crippen molar-refractivity contribution in [3.05, 3.63) is 71.8 Å². The Morgan fingerprint density at radius 2 is 2.00 bits per heavy atom. The SMILES string of the molecule is Cn1ccnc1-c1sc(NC(=O)c2ccncc2Cl)nc1-c1ccccc1. The van der Waals surface area contributed by atoms with Crippen LogP contribution < -0.4 is 5.32 Å². The molecule has 0 spiro atoms. The fourth-order valence-corrected chi connectivity index (χ4v) is 3.85. The van der Waals surface area contributed by atoms with E-state index < -0.39 is 0 Å². The second-order valence-electron chi connectivity index (χ2n) is 5.73. The average Bonchev–Trinajstić information content (AvgIpc) is 3.28. The number of halogens is 1. The lowest BCUT2D eigenvalue weighted by atomic mass is 10.1. The maximum absolute atomic E-state index is 12.6. The molecule has 0 radical (unpaired) electrons. The van der Waals surface area contributed by atoms with E-state index in [1.165, 1.54) is 23.7 Å². The van der Waals surface area contributed by atoms with E-state index in [2.05, 4.69) is 20.3 Å². The molecule has 8 heteroatoms. The van der Waals surface area contributed by atoms with Gasteiger partial charge >= 0.3 is 0 Å². The van der Waals surface area contributed by atoms with Crippen molar-refractivity contribution < 1.29 is 4.79 Å². The molecule has 0 aliphatic carbocycles. The molecular weight excluding hydrogens is 382 g/mol. The lowest BCUT2D eigenvalue weighted by Crippen LogP contribution is -2.12. The van der Waals surface area contributed by atoms with Crippen molar-refractivity contribution in [2.45, 2.75) is 0 Å². The molecule has 3 heterocycles. The first kappa shape index (κ1) is 17.4. The summed E-state index contributed by atoms with van der Waals surface area (Å²) in [5, 5.41) is 3.60. The largest absolute Gasteiger partial charge is 0.333 e. The molecule has 3 aromatic heterocycles. The Labute approximate surface area is 164 Å². The van der Waals surface area contributed by atoms with Crippen LogP contribution in [0.5, 0.6) is 0 Å². The minimum Gasteiger partial charge on any atom is -0.333 e. The summed E-state index contributed by atoms with van der Waals surface area (Å²) in [5.41, 5.74) is 2.07. The van der Waals surface area contributed by atoms with E-state index in [1.807, 2.05) is 48.1 Å². The van der Waals surface area contributed by atoms with Gasteiger partial charge in [-0.1, -0.05) is 53.3 Å². The van der Waals surface area contributed by atoms with Gasteiger partial charge in [0.25, 0.3) is 5.91 Å². The van der Waals surface area contributed by atoms with Crippen molar-refractivity contribution in [2.75, 3.05) is 5.32 Å². The van der Waals surface area contributed by atoms with Crippen molar-refractivity contribution in [3.8, 4) is 22.0 Å². The van der Waals surface area contributed by atoms with Gasteiger partial charge in [-0.05, 0) is 6.07 Å². The van der Waals surface area contributed by atoms with Crippen LogP contribution in [0.1, 0.15) is 10.4 Å². The van der Waals surface area contributed by atoms with Crippen molar-refractivity contribution in [1.82, 2.24) is 19.5 Å². The molecule has 0 fully saturated rings. The number of aromatic nitrogens is 4. The van der Waals surface area contributed by atoms with Crippen LogP contribution in [0.4, 0.5) is 5.13 Å². The summed E-state index contributed by atoms with van der Waals surface area (Å²) in [6, 6.07) is 11.4. The zero-order valence-electron chi connectivity index (χ0n) is 14.3. The highest BCUT2D eigenvalue weighted by molar-refractivity contribution is 7.19. The summed E-state index contributed by atoms with van der Waals surface area (Å²) < 4.78 is 1.92. The van der Waals surface area contributed by atoms with E-state index in [4.69, 9.17) is 11.6 Å². The summed E-state index contributed by atoms with van der Waals surface area (Å²) in [5.74, 6) is 0.455. The lowest BCUT2D eigenvalue weighted by Gasteiger charge is -2.02. The van der Waals surface area contributed by atoms with Gasteiger partial charge in [-0.25, -0.2) is 9.97 Å². The Kier molecular flexibility index (Phi) is 4.70. The Balaban J connectivity index is 1.75. The van der Waals surface area contributed by atoms with Crippen molar-refractivity contribution in [3.63, 3.8) is 0 Å². The monoisotopic (exact) mass is 395 g/mol. The number of thiazole rings is 1. The van der Waals surface area contributed by atoms with Crippen LogP contribution in [0.2, 0.25) is 5.02 Å². The molecule has 4 rings (SSSR count). The normalized spacial score (nSPS) is 10.7. The molecule has 4 aromatic rings. The molecule has 27 heavy (non-hydrogen) atoms. The van der Waals surface area contributed by atoms with Crippen LogP contribution in [0.3, 0.4) is 0 Å². The molecule has 0 aliphatic heterocycles. The van der Waals surface area contributed by atoms with Gasteiger partial charge in [-0.15, -0.1) is 0 Å². The third-order valence-electron chi connectivity index (χ3n) is 3.94. The van der Waals surface area contributed by atoms with Gasteiger partial charge in [-0.2, -0.15) is 0 Å². The first-order chi connectivity index (χ1) is 13.1. The minimum atomic E-state index is -0.331. The highest BCUT2D eigenvalue weighted by Crippen LogP contribution is 2.38. The van der Waals surface area contributed by atoms with Crippen LogP contribution in [-0.4, -0.2) is 25.4 Å². The average molecular weight is 396 g/mol. The number of imidazole rings is 1. The van der Waals surface area contributed by atoms with E-state index >= 15 is 0 Å².